The van der Waals surface area contributed by atoms with Gasteiger partial charge in [0.05, 0.1) is 35.9 Å². The van der Waals surface area contributed by atoms with Crippen molar-refractivity contribution in [1.82, 2.24) is 24.3 Å². The number of imidazole rings is 1. The van der Waals surface area contributed by atoms with Gasteiger partial charge in [0.25, 0.3) is 0 Å². The van der Waals surface area contributed by atoms with Crippen molar-refractivity contribution in [1.29, 1.82) is 0 Å². The number of fused-ring (bicyclic) bond motifs is 3. The number of amides is 1. The number of nitrogens with zero attached hydrogens (tertiary/aromatic N) is 4. The van der Waals surface area contributed by atoms with E-state index in [1.54, 1.807) is 22.9 Å². The van der Waals surface area contributed by atoms with Gasteiger partial charge in [-0.1, -0.05) is 0 Å². The first-order valence-electron chi connectivity index (χ1n) is 8.24. The number of piperidine rings is 1. The predicted molar refractivity (Wildman–Crippen MR) is 87.4 cm³/mol. The Morgan fingerprint density at radius 2 is 2.12 bits per heavy atom. The van der Waals surface area contributed by atoms with Crippen LogP contribution in [0.3, 0.4) is 0 Å². The van der Waals surface area contributed by atoms with E-state index in [0.29, 0.717) is 16.7 Å². The van der Waals surface area contributed by atoms with Gasteiger partial charge in [0.1, 0.15) is 5.82 Å². The number of likely N-dealkylation sites (tertiary alicyclic amines) is 1. The van der Waals surface area contributed by atoms with E-state index in [1.165, 1.54) is 11.1 Å². The molecular weight excluding hydrogens is 349 g/mol. The summed E-state index contributed by atoms with van der Waals surface area (Å²) in [6.07, 6.45) is 0.192. The van der Waals surface area contributed by atoms with E-state index in [-0.39, 0.29) is 37.8 Å². The Labute approximate surface area is 146 Å². The highest BCUT2D eigenvalue weighted by Gasteiger charge is 2.49. The molecule has 3 N–H and O–H groups in total. The summed E-state index contributed by atoms with van der Waals surface area (Å²) in [6, 6.07) is 1.74. The fourth-order valence-electron chi connectivity index (χ4n) is 3.72. The molecule has 7 nitrogen and oxygen atoms in total. The largest absolute Gasteiger partial charge is 0.392 e. The van der Waals surface area contributed by atoms with Crippen LogP contribution in [-0.4, -0.2) is 56.0 Å². The van der Waals surface area contributed by atoms with Gasteiger partial charge in [-0.25, -0.2) is 9.97 Å². The topological polar surface area (TPSA) is 92.3 Å². The molecule has 3 aromatic rings. The van der Waals surface area contributed by atoms with Crippen LogP contribution >= 0.6 is 0 Å². The third kappa shape index (κ3) is 2.61. The number of aromatic nitrogens is 4. The second-order valence-electron chi connectivity index (χ2n) is 6.43. The summed E-state index contributed by atoms with van der Waals surface area (Å²) >= 11 is 0. The molecule has 1 saturated heterocycles. The summed E-state index contributed by atoms with van der Waals surface area (Å²) in [7, 11) is 0. The highest BCUT2D eigenvalue weighted by molar-refractivity contribution is 5.78. The fourth-order valence-corrected chi connectivity index (χ4v) is 3.72. The summed E-state index contributed by atoms with van der Waals surface area (Å²) in [5, 5.41) is 0. The van der Waals surface area contributed by atoms with E-state index < -0.39 is 18.0 Å². The van der Waals surface area contributed by atoms with Gasteiger partial charge >= 0.3 is 6.18 Å². The molecule has 0 saturated carbocycles. The molecule has 0 aliphatic carbocycles. The summed E-state index contributed by atoms with van der Waals surface area (Å²) in [5.74, 6) is -2.62. The monoisotopic (exact) mass is 366 g/mol. The van der Waals surface area contributed by atoms with Crippen LogP contribution in [0.2, 0.25) is 0 Å². The van der Waals surface area contributed by atoms with Crippen molar-refractivity contribution in [3.63, 3.8) is 0 Å². The second-order valence-corrected chi connectivity index (χ2v) is 6.43. The standard InChI is InChI=1S/C16H17F3N6O/c17-16(18,19)11-2-4-24(13(26)5-20)8-10(11)15-23-7-9-6-22-14-12(25(9)15)1-3-21-14/h1,3,6-7,10-11,21H,2,4-5,8,20H2/t10-,11+/m0/s1. The van der Waals surface area contributed by atoms with Gasteiger partial charge < -0.3 is 15.6 Å². The molecule has 0 bridgehead atoms. The molecule has 1 aliphatic rings. The van der Waals surface area contributed by atoms with E-state index in [4.69, 9.17) is 5.73 Å². The maximum absolute atomic E-state index is 13.7. The van der Waals surface area contributed by atoms with E-state index in [2.05, 4.69) is 15.0 Å². The first-order chi connectivity index (χ1) is 12.4. The van der Waals surface area contributed by atoms with Crippen molar-refractivity contribution < 1.29 is 18.0 Å². The van der Waals surface area contributed by atoms with Crippen molar-refractivity contribution in [2.45, 2.75) is 18.5 Å². The first kappa shape index (κ1) is 16.8. The minimum Gasteiger partial charge on any atom is -0.345 e. The molecule has 10 heteroatoms. The normalized spacial score (nSPS) is 21.6. The molecule has 0 unspecified atom stereocenters. The molecule has 1 aliphatic heterocycles. The molecule has 1 fully saturated rings. The van der Waals surface area contributed by atoms with Crippen LogP contribution in [0.4, 0.5) is 13.2 Å². The summed E-state index contributed by atoms with van der Waals surface area (Å²) in [6.45, 7) is -0.244. The molecule has 26 heavy (non-hydrogen) atoms. The number of carbonyl (C=O) groups excluding carboxylic acids is 1. The summed E-state index contributed by atoms with van der Waals surface area (Å²) in [4.78, 5) is 24.8. The van der Waals surface area contributed by atoms with Gasteiger partial charge in [-0.15, -0.1) is 0 Å². The summed E-state index contributed by atoms with van der Waals surface area (Å²) in [5.41, 5.74) is 7.21. The second kappa shape index (κ2) is 5.97. The van der Waals surface area contributed by atoms with Crippen molar-refractivity contribution in [2.24, 2.45) is 11.7 Å². The van der Waals surface area contributed by atoms with Crippen LogP contribution in [0, 0.1) is 5.92 Å². The van der Waals surface area contributed by atoms with Crippen LogP contribution < -0.4 is 5.73 Å². The average molecular weight is 366 g/mol. The highest BCUT2D eigenvalue weighted by Crippen LogP contribution is 2.43. The third-order valence-corrected chi connectivity index (χ3v) is 4.98. The number of halogens is 3. The Balaban J connectivity index is 1.85. The zero-order valence-electron chi connectivity index (χ0n) is 13.7. The quantitative estimate of drug-likeness (QED) is 0.722. The maximum Gasteiger partial charge on any atom is 0.392 e. The van der Waals surface area contributed by atoms with Crippen LogP contribution in [0.25, 0.3) is 16.7 Å². The lowest BCUT2D eigenvalue weighted by Gasteiger charge is -2.38. The van der Waals surface area contributed by atoms with Gasteiger partial charge in [0, 0.05) is 25.2 Å². The fraction of sp³-hybridized carbons (Fsp3) is 0.438. The highest BCUT2D eigenvalue weighted by atomic mass is 19.4. The molecular formula is C16H17F3N6O. The number of nitrogens with two attached hydrogens (primary N) is 1. The van der Waals surface area contributed by atoms with E-state index >= 15 is 0 Å². The molecule has 3 aromatic heterocycles. The van der Waals surface area contributed by atoms with Crippen molar-refractivity contribution in [2.75, 3.05) is 19.6 Å². The molecule has 138 valence electrons. The van der Waals surface area contributed by atoms with Crippen LogP contribution in [-0.2, 0) is 4.79 Å². The smallest absolute Gasteiger partial charge is 0.345 e. The lowest BCUT2D eigenvalue weighted by atomic mass is 9.84. The number of alkyl halides is 3. The molecule has 0 spiro atoms. The number of hydrogen-bond acceptors (Lipinski definition) is 4. The number of aromatic amines is 1. The maximum atomic E-state index is 13.7. The van der Waals surface area contributed by atoms with Gasteiger partial charge in [-0.3, -0.25) is 9.20 Å². The van der Waals surface area contributed by atoms with Crippen molar-refractivity contribution in [3.8, 4) is 0 Å². The number of H-pyrrole nitrogens is 1. The molecule has 0 radical (unpaired) electrons. The Hall–Kier alpha value is -2.62. The van der Waals surface area contributed by atoms with Gasteiger partial charge in [-0.05, 0) is 12.5 Å². The SMILES string of the molecule is NCC(=O)N1CC[C@@H](C(F)(F)F)[C@@H](c2ncc3cnc4[nH]ccc4n23)C1. The molecule has 4 rings (SSSR count). The Morgan fingerprint density at radius 3 is 2.85 bits per heavy atom. The van der Waals surface area contributed by atoms with E-state index in [0.717, 1.165) is 0 Å². The molecule has 4 heterocycles. The molecule has 0 aromatic carbocycles. The minimum absolute atomic E-state index is 0.0428. The van der Waals surface area contributed by atoms with Gasteiger partial charge in [-0.2, -0.15) is 13.2 Å². The van der Waals surface area contributed by atoms with Crippen molar-refractivity contribution >= 4 is 22.6 Å². The van der Waals surface area contributed by atoms with Gasteiger partial charge in [0.2, 0.25) is 5.91 Å². The zero-order chi connectivity index (χ0) is 18.5. The number of hydrogen-bond donors (Lipinski definition) is 2. The number of nitrogens with one attached hydrogen (secondary N) is 1. The zero-order valence-corrected chi connectivity index (χ0v) is 13.7. The molecule has 2 atom stereocenters. The van der Waals surface area contributed by atoms with Crippen LogP contribution in [0.1, 0.15) is 18.2 Å². The summed E-state index contributed by atoms with van der Waals surface area (Å²) < 4.78 is 42.7. The Morgan fingerprint density at radius 1 is 1.35 bits per heavy atom. The minimum atomic E-state index is -4.38. The van der Waals surface area contributed by atoms with Crippen molar-refractivity contribution in [3.05, 3.63) is 30.5 Å². The van der Waals surface area contributed by atoms with Gasteiger partial charge in [0.15, 0.2) is 5.65 Å². The average Bonchev–Trinajstić information content (AvgIpc) is 3.25. The predicted octanol–water partition coefficient (Wildman–Crippen LogP) is 1.66. The number of carbonyl (C=O) groups is 1. The lowest BCUT2D eigenvalue weighted by molar-refractivity contribution is -0.192. The Bertz CT molecular complexity index is 962. The lowest BCUT2D eigenvalue weighted by Crippen LogP contribution is -2.48. The Kier molecular flexibility index (Phi) is 3.87. The number of rotatable bonds is 2. The van der Waals surface area contributed by atoms with Crippen LogP contribution in [0.15, 0.2) is 24.7 Å². The van der Waals surface area contributed by atoms with E-state index in [1.807, 2.05) is 0 Å². The first-order valence-corrected chi connectivity index (χ1v) is 8.24. The molecule has 1 amide bonds. The van der Waals surface area contributed by atoms with E-state index in [9.17, 15) is 18.0 Å². The third-order valence-electron chi connectivity index (χ3n) is 4.98. The van der Waals surface area contributed by atoms with Crippen LogP contribution in [0.5, 0.6) is 0 Å².